The van der Waals surface area contributed by atoms with Crippen molar-refractivity contribution in [3.63, 3.8) is 0 Å². The van der Waals surface area contributed by atoms with Crippen molar-refractivity contribution in [2.75, 3.05) is 28.4 Å². The molecule has 0 aliphatic heterocycles. The molecule has 7 heteroatoms. The Balaban J connectivity index is 1.35. The first-order chi connectivity index (χ1) is 23.6. The highest BCUT2D eigenvalue weighted by atomic mass is 16.5. The van der Waals surface area contributed by atoms with Gasteiger partial charge in [-0.15, -0.1) is 0 Å². The van der Waals surface area contributed by atoms with E-state index in [1.54, 1.807) is 28.4 Å². The van der Waals surface area contributed by atoms with Crippen LogP contribution in [0.2, 0.25) is 0 Å². The fraction of sp³-hybridized carbons (Fsp3) is 0.171. The molecule has 0 unspecified atom stereocenters. The minimum Gasteiger partial charge on any atom is -0.493 e. The van der Waals surface area contributed by atoms with Gasteiger partial charge in [0.05, 0.1) is 28.4 Å². The molecule has 0 amide bonds. The van der Waals surface area contributed by atoms with Crippen molar-refractivity contribution in [3.05, 3.63) is 144 Å². The van der Waals surface area contributed by atoms with Crippen LogP contribution in [0.4, 0.5) is 0 Å². The first-order valence-electron chi connectivity index (χ1n) is 15.7. The zero-order valence-electron chi connectivity index (χ0n) is 27.6. The molecular formula is C41H39NO6. The van der Waals surface area contributed by atoms with Crippen LogP contribution in [0.5, 0.6) is 34.5 Å². The quantitative estimate of drug-likeness (QED) is 0.118. The third-order valence-electron chi connectivity index (χ3n) is 8.12. The van der Waals surface area contributed by atoms with Crippen LogP contribution in [0, 0.1) is 0 Å². The van der Waals surface area contributed by atoms with E-state index in [1.807, 2.05) is 78.9 Å². The highest BCUT2D eigenvalue weighted by Crippen LogP contribution is 2.41. The van der Waals surface area contributed by atoms with Crippen LogP contribution in [0.1, 0.15) is 16.7 Å². The number of aromatic nitrogens is 1. The summed E-state index contributed by atoms with van der Waals surface area (Å²) in [6, 6.07) is 38.3. The summed E-state index contributed by atoms with van der Waals surface area (Å²) in [6.07, 6.45) is 4.30. The number of ether oxygens (including phenoxy) is 6. The molecule has 6 aromatic rings. The van der Waals surface area contributed by atoms with Crippen molar-refractivity contribution in [1.29, 1.82) is 0 Å². The van der Waals surface area contributed by atoms with Crippen molar-refractivity contribution in [2.45, 2.75) is 19.8 Å². The number of hydrogen-bond acceptors (Lipinski definition) is 6. The van der Waals surface area contributed by atoms with Gasteiger partial charge >= 0.3 is 0 Å². The molecule has 0 aliphatic rings. The van der Waals surface area contributed by atoms with E-state index in [9.17, 15) is 0 Å². The van der Waals surface area contributed by atoms with Crippen LogP contribution < -0.4 is 28.4 Å². The Morgan fingerprint density at radius 2 is 0.875 bits per heavy atom. The molecule has 0 saturated carbocycles. The van der Waals surface area contributed by atoms with E-state index in [0.717, 1.165) is 38.9 Å². The summed E-state index contributed by atoms with van der Waals surface area (Å²) < 4.78 is 37.1. The Hall–Kier alpha value is -5.82. The van der Waals surface area contributed by atoms with E-state index in [4.69, 9.17) is 28.4 Å². The number of hydrogen-bond donors (Lipinski definition) is 0. The molecule has 0 radical (unpaired) electrons. The second-order valence-corrected chi connectivity index (χ2v) is 11.2. The Morgan fingerprint density at radius 1 is 0.417 bits per heavy atom. The van der Waals surface area contributed by atoms with Gasteiger partial charge in [-0.05, 0) is 64.2 Å². The van der Waals surface area contributed by atoms with E-state index in [2.05, 4.69) is 53.4 Å². The predicted molar refractivity (Wildman–Crippen MR) is 189 cm³/mol. The monoisotopic (exact) mass is 641 g/mol. The van der Waals surface area contributed by atoms with Crippen LogP contribution in [-0.4, -0.2) is 33.0 Å². The second-order valence-electron chi connectivity index (χ2n) is 11.2. The van der Waals surface area contributed by atoms with E-state index in [0.29, 0.717) is 54.3 Å². The van der Waals surface area contributed by atoms with Crippen molar-refractivity contribution in [3.8, 4) is 56.8 Å². The molecule has 0 spiro atoms. The molecule has 7 nitrogen and oxygen atoms in total. The van der Waals surface area contributed by atoms with Gasteiger partial charge in [0.25, 0.3) is 0 Å². The van der Waals surface area contributed by atoms with E-state index in [1.165, 1.54) is 0 Å². The molecule has 0 fully saturated rings. The molecule has 1 aromatic heterocycles. The minimum absolute atomic E-state index is 0.433. The first-order valence-corrected chi connectivity index (χ1v) is 15.7. The molecule has 6 rings (SSSR count). The van der Waals surface area contributed by atoms with Gasteiger partial charge in [-0.25, -0.2) is 0 Å². The van der Waals surface area contributed by atoms with Gasteiger partial charge in [0.2, 0.25) is 0 Å². The topological polar surface area (TPSA) is 60.3 Å². The van der Waals surface area contributed by atoms with Gasteiger partial charge in [-0.1, -0.05) is 78.9 Å². The molecule has 5 aromatic carbocycles. The number of methoxy groups -OCH3 is 4. The third-order valence-corrected chi connectivity index (χ3v) is 8.12. The zero-order chi connectivity index (χ0) is 33.3. The standard InChI is InChI=1S/C41H39NO6/c1-43-36-19-16-32(22-39(36)45-3)34-25-42(26-35(34)33-17-20-37(44-2)40(23-33)46-4)24-31-15-18-38(47-27-29-11-7-5-8-12-29)41(21-31)48-28-30-13-9-6-10-14-30/h5-23,25-26H,24,27-28H2,1-4H3. The second kappa shape index (κ2) is 15.2. The number of benzene rings is 5. The van der Waals surface area contributed by atoms with Crippen LogP contribution >= 0.6 is 0 Å². The molecule has 0 N–H and O–H groups in total. The van der Waals surface area contributed by atoms with Gasteiger partial charge in [0.15, 0.2) is 34.5 Å². The maximum absolute atomic E-state index is 6.37. The fourth-order valence-electron chi connectivity index (χ4n) is 5.63. The van der Waals surface area contributed by atoms with Crippen LogP contribution in [0.3, 0.4) is 0 Å². The van der Waals surface area contributed by atoms with Gasteiger partial charge in [0.1, 0.15) is 13.2 Å². The molecule has 0 atom stereocenters. The summed E-state index contributed by atoms with van der Waals surface area (Å²) in [6.45, 7) is 1.49. The van der Waals surface area contributed by atoms with Crippen LogP contribution in [0.15, 0.2) is 128 Å². The molecular weight excluding hydrogens is 602 g/mol. The zero-order valence-corrected chi connectivity index (χ0v) is 27.6. The smallest absolute Gasteiger partial charge is 0.162 e. The van der Waals surface area contributed by atoms with E-state index < -0.39 is 0 Å². The first kappa shape index (κ1) is 32.1. The minimum atomic E-state index is 0.433. The summed E-state index contributed by atoms with van der Waals surface area (Å²) >= 11 is 0. The lowest BCUT2D eigenvalue weighted by Crippen LogP contribution is -2.03. The maximum atomic E-state index is 6.37. The predicted octanol–water partition coefficient (Wildman–Crippen LogP) is 9.06. The van der Waals surface area contributed by atoms with Gasteiger partial charge in [-0.3, -0.25) is 0 Å². The Labute approximate surface area is 281 Å². The molecule has 0 aliphatic carbocycles. The Morgan fingerprint density at radius 3 is 1.35 bits per heavy atom. The van der Waals surface area contributed by atoms with Gasteiger partial charge < -0.3 is 33.0 Å². The summed E-state index contributed by atoms with van der Waals surface area (Å²) in [5, 5.41) is 0. The SMILES string of the molecule is COc1ccc(-c2cn(Cc3ccc(OCc4ccccc4)c(OCc4ccccc4)c3)cc2-c2ccc(OC)c(OC)c2)cc1OC. The average molecular weight is 642 g/mol. The van der Waals surface area contributed by atoms with Crippen molar-refractivity contribution < 1.29 is 28.4 Å². The summed E-state index contributed by atoms with van der Waals surface area (Å²) in [4.78, 5) is 0. The number of rotatable bonds is 14. The average Bonchev–Trinajstić information content (AvgIpc) is 3.57. The lowest BCUT2D eigenvalue weighted by molar-refractivity contribution is 0.255. The normalized spacial score (nSPS) is 10.8. The van der Waals surface area contributed by atoms with Crippen LogP contribution in [-0.2, 0) is 19.8 Å². The molecule has 0 saturated heterocycles. The Bertz CT molecular complexity index is 1880. The van der Waals surface area contributed by atoms with Gasteiger partial charge in [0, 0.05) is 30.1 Å². The van der Waals surface area contributed by atoms with E-state index >= 15 is 0 Å². The summed E-state index contributed by atoms with van der Waals surface area (Å²) in [5.41, 5.74) is 7.30. The van der Waals surface area contributed by atoms with Gasteiger partial charge in [-0.2, -0.15) is 0 Å². The Kier molecular flexibility index (Phi) is 10.2. The lowest BCUT2D eigenvalue weighted by atomic mass is 9.98. The molecule has 244 valence electrons. The molecule has 48 heavy (non-hydrogen) atoms. The van der Waals surface area contributed by atoms with Crippen LogP contribution in [0.25, 0.3) is 22.3 Å². The van der Waals surface area contributed by atoms with Crippen molar-refractivity contribution in [2.24, 2.45) is 0 Å². The summed E-state index contributed by atoms with van der Waals surface area (Å²) in [5.74, 6) is 4.05. The molecule has 1 heterocycles. The number of nitrogens with zero attached hydrogens (tertiary/aromatic N) is 1. The van der Waals surface area contributed by atoms with Crippen molar-refractivity contribution in [1.82, 2.24) is 4.57 Å². The highest BCUT2D eigenvalue weighted by Gasteiger charge is 2.17. The fourth-order valence-corrected chi connectivity index (χ4v) is 5.63. The third kappa shape index (κ3) is 7.42. The maximum Gasteiger partial charge on any atom is 0.162 e. The lowest BCUT2D eigenvalue weighted by Gasteiger charge is -2.15. The van der Waals surface area contributed by atoms with E-state index in [-0.39, 0.29) is 0 Å². The largest absolute Gasteiger partial charge is 0.493 e. The summed E-state index contributed by atoms with van der Waals surface area (Å²) in [7, 11) is 6.57. The highest BCUT2D eigenvalue weighted by molar-refractivity contribution is 5.85. The molecule has 0 bridgehead atoms. The van der Waals surface area contributed by atoms with Crippen molar-refractivity contribution >= 4 is 0 Å².